The number of ether oxygens (including phenoxy) is 1. The lowest BCUT2D eigenvalue weighted by Gasteiger charge is -2.13. The number of carbonyl (C=O) groups is 1. The first-order valence-corrected chi connectivity index (χ1v) is 11.4. The fourth-order valence-electron chi connectivity index (χ4n) is 3.20. The monoisotopic (exact) mass is 563 g/mol. The number of hydrogen-bond donors (Lipinski definition) is 3. The Morgan fingerprint density at radius 2 is 1.52 bits per heavy atom. The third-order valence-electron chi connectivity index (χ3n) is 5.03. The quantitative estimate of drug-likeness (QED) is 0.218. The molecule has 2 heterocycles. The summed E-state index contributed by atoms with van der Waals surface area (Å²) in [6.45, 7) is -1.59. The van der Waals surface area contributed by atoms with Gasteiger partial charge in [0, 0.05) is 35.9 Å². The average Bonchev–Trinajstić information content (AvgIpc) is 2.91. The molecule has 1 amide bonds. The molecule has 4 rings (SSSR count). The van der Waals surface area contributed by atoms with E-state index in [1.807, 2.05) is 0 Å². The van der Waals surface area contributed by atoms with Gasteiger partial charge in [-0.05, 0) is 48.0 Å². The first-order chi connectivity index (χ1) is 18.9. The molecule has 0 spiro atoms. The Balaban J connectivity index is 1.47. The number of anilines is 4. The molecule has 208 valence electrons. The fraction of sp³-hybridized carbons (Fsp3) is 0.160. The molecule has 0 aliphatic heterocycles. The van der Waals surface area contributed by atoms with E-state index in [2.05, 4.69) is 40.6 Å². The van der Waals surface area contributed by atoms with Crippen molar-refractivity contribution in [3.05, 3.63) is 89.7 Å². The van der Waals surface area contributed by atoms with Crippen LogP contribution in [0.15, 0.2) is 73.1 Å². The summed E-state index contributed by atoms with van der Waals surface area (Å²) in [6.07, 6.45) is -6.30. The largest absolute Gasteiger partial charge is 0.454 e. The van der Waals surface area contributed by atoms with E-state index in [0.717, 1.165) is 18.2 Å². The second-order valence-corrected chi connectivity index (χ2v) is 8.11. The van der Waals surface area contributed by atoms with Crippen molar-refractivity contribution in [3.63, 3.8) is 0 Å². The van der Waals surface area contributed by atoms with Gasteiger partial charge in [-0.15, -0.1) is 0 Å². The molecule has 3 N–H and O–H groups in total. The van der Waals surface area contributed by atoms with E-state index < -0.39 is 30.5 Å². The van der Waals surface area contributed by atoms with Gasteiger partial charge in [0.25, 0.3) is 5.91 Å². The number of alkyl halides is 6. The van der Waals surface area contributed by atoms with Crippen molar-refractivity contribution in [1.29, 1.82) is 0 Å². The number of pyridine rings is 1. The predicted octanol–water partition coefficient (Wildman–Crippen LogP) is 5.83. The maximum Gasteiger partial charge on any atom is 0.422 e. The molecule has 9 nitrogen and oxygen atoms in total. The van der Waals surface area contributed by atoms with Crippen LogP contribution in [0.4, 0.5) is 49.6 Å². The molecule has 0 aliphatic rings. The van der Waals surface area contributed by atoms with Gasteiger partial charge in [-0.3, -0.25) is 9.78 Å². The van der Waals surface area contributed by atoms with Crippen LogP contribution in [0.5, 0.6) is 6.01 Å². The smallest absolute Gasteiger partial charge is 0.422 e. The van der Waals surface area contributed by atoms with Crippen LogP contribution in [0, 0.1) is 0 Å². The number of halogens is 6. The normalized spacial score (nSPS) is 11.6. The number of amides is 1. The van der Waals surface area contributed by atoms with Gasteiger partial charge in [-0.25, -0.2) is 0 Å². The summed E-state index contributed by atoms with van der Waals surface area (Å²) in [5.41, 5.74) is 0.624. The Morgan fingerprint density at radius 1 is 0.825 bits per heavy atom. The van der Waals surface area contributed by atoms with Crippen LogP contribution in [0.2, 0.25) is 0 Å². The van der Waals surface area contributed by atoms with Gasteiger partial charge in [0.1, 0.15) is 0 Å². The zero-order chi connectivity index (χ0) is 28.8. The molecule has 40 heavy (non-hydrogen) atoms. The Hall–Kier alpha value is -4.95. The molecule has 0 aliphatic carbocycles. The summed E-state index contributed by atoms with van der Waals surface area (Å²) in [5, 5.41) is 8.06. The van der Waals surface area contributed by atoms with Crippen LogP contribution < -0.4 is 20.7 Å². The van der Waals surface area contributed by atoms with Crippen molar-refractivity contribution >= 4 is 29.2 Å². The minimum absolute atomic E-state index is 0.0573. The summed E-state index contributed by atoms with van der Waals surface area (Å²) in [5.74, 6) is -0.870. The average molecular weight is 563 g/mol. The van der Waals surface area contributed by atoms with Gasteiger partial charge >= 0.3 is 18.4 Å². The minimum atomic E-state index is -4.68. The summed E-state index contributed by atoms with van der Waals surface area (Å²) in [6, 6.07) is 13.2. The Bertz CT molecular complexity index is 1450. The van der Waals surface area contributed by atoms with Crippen LogP contribution in [-0.4, -0.2) is 38.6 Å². The van der Waals surface area contributed by atoms with Gasteiger partial charge in [0.15, 0.2) is 6.61 Å². The first kappa shape index (κ1) is 28.1. The first-order valence-electron chi connectivity index (χ1n) is 11.4. The van der Waals surface area contributed by atoms with Crippen molar-refractivity contribution in [3.8, 4) is 6.01 Å². The lowest BCUT2D eigenvalue weighted by Crippen LogP contribution is -2.21. The molecule has 0 unspecified atom stereocenters. The molecule has 0 saturated heterocycles. The zero-order valence-electron chi connectivity index (χ0n) is 20.2. The van der Waals surface area contributed by atoms with Crippen LogP contribution in [-0.2, 0) is 12.7 Å². The highest BCUT2D eigenvalue weighted by atomic mass is 19.4. The van der Waals surface area contributed by atoms with Gasteiger partial charge in [-0.2, -0.15) is 41.3 Å². The SMILES string of the molecule is O=C(Nc1ccc(CNc2nc(Nc3cccc(C(F)(F)F)c3)nc(OCC(F)(F)F)n2)cc1)c1ccncc1. The van der Waals surface area contributed by atoms with Crippen molar-refractivity contribution in [2.75, 3.05) is 22.6 Å². The van der Waals surface area contributed by atoms with Crippen LogP contribution in [0.25, 0.3) is 0 Å². The number of rotatable bonds is 9. The third kappa shape index (κ3) is 8.28. The van der Waals surface area contributed by atoms with Crippen molar-refractivity contribution in [2.24, 2.45) is 0 Å². The maximum absolute atomic E-state index is 13.0. The highest BCUT2D eigenvalue weighted by Crippen LogP contribution is 2.31. The van der Waals surface area contributed by atoms with E-state index in [1.54, 1.807) is 36.4 Å². The van der Waals surface area contributed by atoms with E-state index >= 15 is 0 Å². The molecule has 0 atom stereocenters. The number of benzene rings is 2. The Morgan fingerprint density at radius 3 is 2.20 bits per heavy atom. The standard InChI is InChI=1S/C25H19F6N7O2/c26-24(27,28)14-40-23-37-21(36-22(38-23)35-19-3-1-2-17(12-19)25(29,30)31)33-13-15-4-6-18(7-5-15)34-20(39)16-8-10-32-11-9-16/h1-12H,13-14H2,(H,34,39)(H2,33,35,36,37,38). The Labute approximate surface area is 222 Å². The van der Waals surface area contributed by atoms with Crippen LogP contribution in [0.1, 0.15) is 21.5 Å². The van der Waals surface area contributed by atoms with Gasteiger partial charge < -0.3 is 20.7 Å². The summed E-state index contributed by atoms with van der Waals surface area (Å²) in [4.78, 5) is 27.7. The number of nitrogens with one attached hydrogen (secondary N) is 3. The van der Waals surface area contributed by atoms with Crippen molar-refractivity contribution in [1.82, 2.24) is 19.9 Å². The van der Waals surface area contributed by atoms with E-state index in [9.17, 15) is 31.1 Å². The molecule has 0 fully saturated rings. The van der Waals surface area contributed by atoms with Gasteiger partial charge in [0.05, 0.1) is 5.56 Å². The van der Waals surface area contributed by atoms with E-state index in [4.69, 9.17) is 0 Å². The molecule has 0 bridgehead atoms. The van der Waals surface area contributed by atoms with Crippen LogP contribution >= 0.6 is 0 Å². The van der Waals surface area contributed by atoms with Crippen LogP contribution in [0.3, 0.4) is 0 Å². The van der Waals surface area contributed by atoms with Crippen molar-refractivity contribution < 1.29 is 35.9 Å². The lowest BCUT2D eigenvalue weighted by molar-refractivity contribution is -0.154. The van der Waals surface area contributed by atoms with E-state index in [0.29, 0.717) is 16.8 Å². The lowest BCUT2D eigenvalue weighted by atomic mass is 10.2. The highest BCUT2D eigenvalue weighted by molar-refractivity contribution is 6.04. The molecule has 0 radical (unpaired) electrons. The van der Waals surface area contributed by atoms with E-state index in [-0.39, 0.29) is 30.0 Å². The number of nitrogens with zero attached hydrogens (tertiary/aromatic N) is 4. The highest BCUT2D eigenvalue weighted by Gasteiger charge is 2.31. The summed E-state index contributed by atoms with van der Waals surface area (Å²) >= 11 is 0. The van der Waals surface area contributed by atoms with Gasteiger partial charge in [-0.1, -0.05) is 18.2 Å². The molecule has 4 aromatic rings. The minimum Gasteiger partial charge on any atom is -0.454 e. The van der Waals surface area contributed by atoms with Crippen molar-refractivity contribution in [2.45, 2.75) is 18.9 Å². The number of carbonyl (C=O) groups excluding carboxylic acids is 1. The maximum atomic E-state index is 13.0. The second kappa shape index (κ2) is 11.8. The summed E-state index contributed by atoms with van der Waals surface area (Å²) < 4.78 is 81.7. The zero-order valence-corrected chi connectivity index (χ0v) is 20.2. The molecular formula is C25H19F6N7O2. The Kier molecular flexibility index (Phi) is 8.31. The molecule has 2 aromatic carbocycles. The molecule has 0 saturated carbocycles. The topological polar surface area (TPSA) is 114 Å². The predicted molar refractivity (Wildman–Crippen MR) is 132 cm³/mol. The number of aromatic nitrogens is 4. The van der Waals surface area contributed by atoms with E-state index in [1.165, 1.54) is 18.5 Å². The van der Waals surface area contributed by atoms with Gasteiger partial charge in [0.2, 0.25) is 11.9 Å². The second-order valence-electron chi connectivity index (χ2n) is 8.11. The molecular weight excluding hydrogens is 544 g/mol. The fourth-order valence-corrected chi connectivity index (χ4v) is 3.20. The summed E-state index contributed by atoms with van der Waals surface area (Å²) in [7, 11) is 0. The number of hydrogen-bond acceptors (Lipinski definition) is 8. The molecule has 2 aromatic heterocycles. The molecule has 15 heteroatoms. The third-order valence-corrected chi connectivity index (χ3v) is 5.03.